The number of nitrogens with one attached hydrogen (secondary N) is 2. The van der Waals surface area contributed by atoms with Crippen LogP contribution >= 0.6 is 0 Å². The first kappa shape index (κ1) is 23.0. The predicted molar refractivity (Wildman–Crippen MR) is 119 cm³/mol. The molecule has 0 unspecified atom stereocenters. The lowest BCUT2D eigenvalue weighted by atomic mass is 10.1. The number of carbonyl (C=O) groups is 2. The summed E-state index contributed by atoms with van der Waals surface area (Å²) in [5.41, 5.74) is 0.957. The highest BCUT2D eigenvalue weighted by molar-refractivity contribution is 7.89. The zero-order valence-corrected chi connectivity index (χ0v) is 18.7. The third kappa shape index (κ3) is 5.74. The molecule has 31 heavy (non-hydrogen) atoms. The van der Waals surface area contributed by atoms with Crippen molar-refractivity contribution in [1.29, 1.82) is 0 Å². The number of rotatable bonds is 10. The number of anilines is 1. The number of carbonyl (C=O) groups excluding carboxylic acids is 2. The lowest BCUT2D eigenvalue weighted by Crippen LogP contribution is -2.37. The summed E-state index contributed by atoms with van der Waals surface area (Å²) in [7, 11) is 0.195. The topological polar surface area (TPSA) is 105 Å². The van der Waals surface area contributed by atoms with Gasteiger partial charge in [0.1, 0.15) is 6.04 Å². The van der Waals surface area contributed by atoms with Crippen LogP contribution in [0.25, 0.3) is 10.8 Å². The fourth-order valence-electron chi connectivity index (χ4n) is 3.65. The average Bonchev–Trinajstić information content (AvgIpc) is 3.13. The van der Waals surface area contributed by atoms with Crippen LogP contribution in [0.4, 0.5) is 5.69 Å². The largest absolute Gasteiger partial charge is 0.464 e. The van der Waals surface area contributed by atoms with Crippen LogP contribution in [-0.2, 0) is 24.3 Å². The number of unbranched alkanes of at least 4 members (excludes halogenated alkanes) is 2. The van der Waals surface area contributed by atoms with Gasteiger partial charge in [0.15, 0.2) is 0 Å². The Labute approximate surface area is 183 Å². The minimum absolute atomic E-state index is 0.183. The van der Waals surface area contributed by atoms with E-state index in [2.05, 4.69) is 10.0 Å². The smallest absolute Gasteiger partial charge is 0.328 e. The van der Waals surface area contributed by atoms with Crippen LogP contribution in [0.5, 0.6) is 0 Å². The van der Waals surface area contributed by atoms with Crippen molar-refractivity contribution in [3.05, 3.63) is 36.4 Å². The molecule has 1 heterocycles. The SMILES string of the molecule is CN(C)c1cccc2c(S(=O)(=O)NCCCCCC(=O)N[C@H]3CCOC3=O)cccc12. The molecule has 1 fully saturated rings. The molecule has 0 saturated carbocycles. The van der Waals surface area contributed by atoms with E-state index in [-0.39, 0.29) is 16.8 Å². The molecule has 2 aromatic carbocycles. The number of hydrogen-bond acceptors (Lipinski definition) is 6. The summed E-state index contributed by atoms with van der Waals surface area (Å²) in [6.45, 7) is 0.639. The maximum Gasteiger partial charge on any atom is 0.328 e. The van der Waals surface area contributed by atoms with E-state index in [4.69, 9.17) is 4.74 Å². The van der Waals surface area contributed by atoms with E-state index in [1.54, 1.807) is 12.1 Å². The molecule has 0 bridgehead atoms. The molecule has 8 nitrogen and oxygen atoms in total. The van der Waals surface area contributed by atoms with E-state index < -0.39 is 16.1 Å². The fourth-order valence-corrected chi connectivity index (χ4v) is 4.95. The van der Waals surface area contributed by atoms with Gasteiger partial charge in [-0.3, -0.25) is 4.79 Å². The van der Waals surface area contributed by atoms with Gasteiger partial charge < -0.3 is 15.0 Å². The molecule has 1 aliphatic rings. The molecule has 0 radical (unpaired) electrons. The molecule has 1 atom stereocenters. The van der Waals surface area contributed by atoms with Gasteiger partial charge in [-0.05, 0) is 25.0 Å². The zero-order chi connectivity index (χ0) is 22.4. The fraction of sp³-hybridized carbons (Fsp3) is 0.455. The van der Waals surface area contributed by atoms with Gasteiger partial charge in [-0.15, -0.1) is 0 Å². The van der Waals surface area contributed by atoms with Crippen LogP contribution in [0.1, 0.15) is 32.1 Å². The Hall–Kier alpha value is -2.65. The molecule has 3 rings (SSSR count). The van der Waals surface area contributed by atoms with E-state index in [0.29, 0.717) is 50.6 Å². The Kier molecular flexibility index (Phi) is 7.50. The molecule has 2 aromatic rings. The van der Waals surface area contributed by atoms with Gasteiger partial charge in [0.05, 0.1) is 11.5 Å². The van der Waals surface area contributed by atoms with Gasteiger partial charge in [-0.2, -0.15) is 0 Å². The monoisotopic (exact) mass is 447 g/mol. The van der Waals surface area contributed by atoms with E-state index in [1.807, 2.05) is 43.3 Å². The van der Waals surface area contributed by atoms with Gasteiger partial charge in [0, 0.05) is 49.9 Å². The summed E-state index contributed by atoms with van der Waals surface area (Å²) in [6.07, 6.45) is 2.75. The Morgan fingerprint density at radius 3 is 2.55 bits per heavy atom. The molecular weight excluding hydrogens is 418 g/mol. The van der Waals surface area contributed by atoms with E-state index in [0.717, 1.165) is 11.1 Å². The van der Waals surface area contributed by atoms with Crippen molar-refractivity contribution in [2.24, 2.45) is 0 Å². The maximum absolute atomic E-state index is 12.9. The van der Waals surface area contributed by atoms with Crippen molar-refractivity contribution in [1.82, 2.24) is 10.0 Å². The van der Waals surface area contributed by atoms with Crippen molar-refractivity contribution in [2.75, 3.05) is 32.1 Å². The first-order chi connectivity index (χ1) is 14.8. The molecule has 0 spiro atoms. The van der Waals surface area contributed by atoms with Crippen molar-refractivity contribution in [3.63, 3.8) is 0 Å². The number of esters is 1. The summed E-state index contributed by atoms with van der Waals surface area (Å²) >= 11 is 0. The number of benzene rings is 2. The van der Waals surface area contributed by atoms with Gasteiger partial charge in [-0.25, -0.2) is 17.9 Å². The molecule has 1 aliphatic heterocycles. The van der Waals surface area contributed by atoms with Gasteiger partial charge in [0.2, 0.25) is 15.9 Å². The molecule has 168 valence electrons. The van der Waals surface area contributed by atoms with Crippen LogP contribution in [0.15, 0.2) is 41.3 Å². The number of amides is 1. The second-order valence-corrected chi connectivity index (χ2v) is 9.54. The second kappa shape index (κ2) is 10.1. The Morgan fingerprint density at radius 1 is 1.10 bits per heavy atom. The normalized spacial score (nSPS) is 16.3. The molecular formula is C22H29N3O5S. The standard InChI is InChI=1S/C22H29N3O5S/c1-25(2)19-10-6-9-17-16(19)8-7-11-20(17)31(28,29)23-14-5-3-4-12-21(26)24-18-13-15-30-22(18)27/h6-11,18,23H,3-5,12-15H2,1-2H3,(H,24,26)/t18-/m0/s1. The highest BCUT2D eigenvalue weighted by atomic mass is 32.2. The summed E-state index contributed by atoms with van der Waals surface area (Å²) < 4.78 is 33.2. The number of sulfonamides is 1. The van der Waals surface area contributed by atoms with Crippen molar-refractivity contribution >= 4 is 38.4 Å². The number of hydrogen-bond donors (Lipinski definition) is 2. The Balaban J connectivity index is 1.49. The highest BCUT2D eigenvalue weighted by Gasteiger charge is 2.27. The van der Waals surface area contributed by atoms with Crippen LogP contribution in [0, 0.1) is 0 Å². The summed E-state index contributed by atoms with van der Waals surface area (Å²) in [5.74, 6) is -0.564. The average molecular weight is 448 g/mol. The predicted octanol–water partition coefficient (Wildman–Crippen LogP) is 2.18. The van der Waals surface area contributed by atoms with E-state index in [9.17, 15) is 18.0 Å². The van der Waals surface area contributed by atoms with E-state index in [1.165, 1.54) is 0 Å². The summed E-state index contributed by atoms with van der Waals surface area (Å²) in [4.78, 5) is 25.5. The van der Waals surface area contributed by atoms with Crippen LogP contribution < -0.4 is 14.9 Å². The van der Waals surface area contributed by atoms with Crippen molar-refractivity contribution in [3.8, 4) is 0 Å². The number of fused-ring (bicyclic) bond motifs is 1. The molecule has 1 saturated heterocycles. The van der Waals surface area contributed by atoms with Gasteiger partial charge in [-0.1, -0.05) is 30.7 Å². The Bertz CT molecular complexity index is 1050. The zero-order valence-electron chi connectivity index (χ0n) is 17.9. The second-order valence-electron chi connectivity index (χ2n) is 7.81. The summed E-state index contributed by atoms with van der Waals surface area (Å²) in [5, 5.41) is 4.23. The molecule has 0 aromatic heterocycles. The maximum atomic E-state index is 12.9. The molecule has 1 amide bonds. The van der Waals surface area contributed by atoms with Crippen molar-refractivity contribution < 1.29 is 22.7 Å². The number of nitrogens with zero attached hydrogens (tertiary/aromatic N) is 1. The summed E-state index contributed by atoms with van der Waals surface area (Å²) in [6, 6.07) is 10.4. The minimum atomic E-state index is -3.65. The van der Waals surface area contributed by atoms with Gasteiger partial charge in [0.25, 0.3) is 0 Å². The minimum Gasteiger partial charge on any atom is -0.464 e. The number of ether oxygens (including phenoxy) is 1. The van der Waals surface area contributed by atoms with Crippen molar-refractivity contribution in [2.45, 2.75) is 43.0 Å². The third-order valence-corrected chi connectivity index (χ3v) is 6.79. The van der Waals surface area contributed by atoms with Crippen LogP contribution in [0.3, 0.4) is 0 Å². The highest BCUT2D eigenvalue weighted by Crippen LogP contribution is 2.30. The number of cyclic esters (lactones) is 1. The van der Waals surface area contributed by atoms with Crippen LogP contribution in [-0.4, -0.2) is 53.6 Å². The first-order valence-corrected chi connectivity index (χ1v) is 11.9. The molecule has 2 N–H and O–H groups in total. The molecule has 0 aliphatic carbocycles. The van der Waals surface area contributed by atoms with E-state index >= 15 is 0 Å². The lowest BCUT2D eigenvalue weighted by molar-refractivity contribution is -0.141. The quantitative estimate of drug-likeness (QED) is 0.427. The first-order valence-electron chi connectivity index (χ1n) is 10.4. The van der Waals surface area contributed by atoms with Crippen LogP contribution in [0.2, 0.25) is 0 Å². The third-order valence-electron chi connectivity index (χ3n) is 5.27. The molecule has 9 heteroatoms. The van der Waals surface area contributed by atoms with Gasteiger partial charge >= 0.3 is 5.97 Å². The Morgan fingerprint density at radius 2 is 1.84 bits per heavy atom. The lowest BCUT2D eigenvalue weighted by Gasteiger charge is -2.17.